The lowest BCUT2D eigenvalue weighted by Gasteiger charge is -2.05. The average molecular weight is 195 g/mol. The van der Waals surface area contributed by atoms with Crippen LogP contribution in [0.2, 0.25) is 0 Å². The Morgan fingerprint density at radius 2 is 2.29 bits per heavy atom. The second-order valence-corrected chi connectivity index (χ2v) is 2.95. The van der Waals surface area contributed by atoms with Gasteiger partial charge in [-0.05, 0) is 17.7 Å². The van der Waals surface area contributed by atoms with E-state index in [1.54, 1.807) is 18.2 Å². The molecule has 0 fully saturated rings. The smallest absolute Gasteiger partial charge is 0.302 e. The van der Waals surface area contributed by atoms with Crippen molar-refractivity contribution >= 4 is 5.97 Å². The summed E-state index contributed by atoms with van der Waals surface area (Å²) in [6, 6.07) is 4.96. The maximum absolute atomic E-state index is 10.5. The van der Waals surface area contributed by atoms with Crippen molar-refractivity contribution in [3.05, 3.63) is 29.3 Å². The molecule has 1 aromatic carbocycles. The third kappa shape index (κ3) is 2.74. The van der Waals surface area contributed by atoms with Crippen molar-refractivity contribution < 1.29 is 14.6 Å². The molecule has 0 aliphatic heterocycles. The van der Waals surface area contributed by atoms with E-state index in [1.165, 1.54) is 6.92 Å². The van der Waals surface area contributed by atoms with Crippen molar-refractivity contribution in [1.29, 1.82) is 0 Å². The first kappa shape index (κ1) is 10.5. The molecular weight excluding hydrogens is 182 g/mol. The van der Waals surface area contributed by atoms with Crippen LogP contribution in [-0.2, 0) is 22.7 Å². The molecule has 0 aliphatic carbocycles. The molecule has 0 aliphatic rings. The minimum atomic E-state index is -0.327. The summed E-state index contributed by atoms with van der Waals surface area (Å²) in [5.41, 5.74) is 6.87. The molecule has 0 saturated heterocycles. The van der Waals surface area contributed by atoms with E-state index in [2.05, 4.69) is 0 Å². The Kier molecular flexibility index (Phi) is 3.48. The number of rotatable bonds is 3. The molecule has 0 unspecified atom stereocenters. The molecule has 76 valence electrons. The van der Waals surface area contributed by atoms with E-state index < -0.39 is 0 Å². The van der Waals surface area contributed by atoms with Crippen molar-refractivity contribution in [2.75, 3.05) is 0 Å². The predicted octanol–water partition coefficient (Wildman–Crippen LogP) is 0.914. The van der Waals surface area contributed by atoms with Gasteiger partial charge in [-0.15, -0.1) is 0 Å². The number of carbonyl (C=O) groups excluding carboxylic acids is 1. The van der Waals surface area contributed by atoms with Crippen LogP contribution in [0.4, 0.5) is 0 Å². The fourth-order valence-corrected chi connectivity index (χ4v) is 1.08. The van der Waals surface area contributed by atoms with Crippen LogP contribution in [0.15, 0.2) is 18.2 Å². The number of phenolic OH excluding ortho intramolecular Hbond substituents is 1. The van der Waals surface area contributed by atoms with Crippen LogP contribution < -0.4 is 5.73 Å². The van der Waals surface area contributed by atoms with E-state index in [-0.39, 0.29) is 24.9 Å². The molecule has 4 nitrogen and oxygen atoms in total. The zero-order valence-corrected chi connectivity index (χ0v) is 7.99. The predicted molar refractivity (Wildman–Crippen MR) is 51.5 cm³/mol. The van der Waals surface area contributed by atoms with Crippen LogP contribution in [0.1, 0.15) is 18.1 Å². The van der Waals surface area contributed by atoms with Gasteiger partial charge in [0.1, 0.15) is 12.4 Å². The molecule has 0 atom stereocenters. The number of aromatic hydroxyl groups is 1. The van der Waals surface area contributed by atoms with Crippen molar-refractivity contribution in [1.82, 2.24) is 0 Å². The first-order chi connectivity index (χ1) is 6.63. The van der Waals surface area contributed by atoms with Crippen LogP contribution in [-0.4, -0.2) is 11.1 Å². The van der Waals surface area contributed by atoms with Crippen molar-refractivity contribution in [2.24, 2.45) is 5.73 Å². The maximum atomic E-state index is 10.5. The van der Waals surface area contributed by atoms with Crippen LogP contribution in [0.3, 0.4) is 0 Å². The molecule has 0 radical (unpaired) electrons. The summed E-state index contributed by atoms with van der Waals surface area (Å²) in [4.78, 5) is 10.5. The zero-order chi connectivity index (χ0) is 10.6. The lowest BCUT2D eigenvalue weighted by molar-refractivity contribution is -0.142. The Morgan fingerprint density at radius 3 is 2.86 bits per heavy atom. The zero-order valence-electron chi connectivity index (χ0n) is 7.99. The van der Waals surface area contributed by atoms with Crippen molar-refractivity contribution in [3.63, 3.8) is 0 Å². The van der Waals surface area contributed by atoms with Gasteiger partial charge in [-0.25, -0.2) is 0 Å². The summed E-state index contributed by atoms with van der Waals surface area (Å²) in [7, 11) is 0. The molecule has 0 bridgehead atoms. The average Bonchev–Trinajstić information content (AvgIpc) is 2.16. The van der Waals surface area contributed by atoms with Crippen molar-refractivity contribution in [2.45, 2.75) is 20.1 Å². The number of phenols is 1. The Hall–Kier alpha value is -1.55. The monoisotopic (exact) mass is 195 g/mol. The highest BCUT2D eigenvalue weighted by molar-refractivity contribution is 5.65. The number of benzene rings is 1. The highest BCUT2D eigenvalue weighted by Gasteiger charge is 2.02. The molecule has 1 aromatic rings. The van der Waals surface area contributed by atoms with Crippen LogP contribution in [0, 0.1) is 0 Å². The van der Waals surface area contributed by atoms with E-state index in [0.29, 0.717) is 5.56 Å². The van der Waals surface area contributed by atoms with Gasteiger partial charge in [-0.1, -0.05) is 6.07 Å². The second kappa shape index (κ2) is 4.62. The summed E-state index contributed by atoms with van der Waals surface area (Å²) in [5, 5.41) is 9.32. The molecule has 14 heavy (non-hydrogen) atoms. The Bertz CT molecular complexity index is 336. The van der Waals surface area contributed by atoms with Gasteiger partial charge in [0.05, 0.1) is 0 Å². The van der Waals surface area contributed by atoms with Crippen LogP contribution in [0.5, 0.6) is 5.75 Å². The Labute approximate surface area is 82.3 Å². The Morgan fingerprint density at radius 1 is 1.57 bits per heavy atom. The topological polar surface area (TPSA) is 72.5 Å². The van der Waals surface area contributed by atoms with E-state index in [9.17, 15) is 9.90 Å². The van der Waals surface area contributed by atoms with Gasteiger partial charge in [0.2, 0.25) is 0 Å². The van der Waals surface area contributed by atoms with E-state index in [1.807, 2.05) is 0 Å². The summed E-state index contributed by atoms with van der Waals surface area (Å²) < 4.78 is 4.81. The van der Waals surface area contributed by atoms with E-state index in [0.717, 1.165) is 5.56 Å². The largest absolute Gasteiger partial charge is 0.508 e. The van der Waals surface area contributed by atoms with Gasteiger partial charge in [-0.2, -0.15) is 0 Å². The summed E-state index contributed by atoms with van der Waals surface area (Å²) in [6.07, 6.45) is 0. The number of ether oxygens (including phenoxy) is 1. The highest BCUT2D eigenvalue weighted by atomic mass is 16.5. The quantitative estimate of drug-likeness (QED) is 0.703. The number of carbonyl (C=O) groups is 1. The van der Waals surface area contributed by atoms with E-state index in [4.69, 9.17) is 10.5 Å². The van der Waals surface area contributed by atoms with E-state index >= 15 is 0 Å². The number of nitrogens with two attached hydrogens (primary N) is 1. The molecule has 0 aromatic heterocycles. The van der Waals surface area contributed by atoms with Gasteiger partial charge in [0, 0.05) is 19.0 Å². The first-order valence-electron chi connectivity index (χ1n) is 4.27. The molecule has 3 N–H and O–H groups in total. The van der Waals surface area contributed by atoms with Gasteiger partial charge in [0.25, 0.3) is 0 Å². The van der Waals surface area contributed by atoms with Gasteiger partial charge >= 0.3 is 5.97 Å². The SMILES string of the molecule is CC(=O)OCc1ccc(O)c(CN)c1. The minimum Gasteiger partial charge on any atom is -0.508 e. The third-order valence-electron chi connectivity index (χ3n) is 1.81. The standard InChI is InChI=1S/C10H13NO3/c1-7(12)14-6-8-2-3-10(13)9(4-8)5-11/h2-4,13H,5-6,11H2,1H3. The van der Waals surface area contributed by atoms with Gasteiger partial charge in [-0.3, -0.25) is 4.79 Å². The fraction of sp³-hybridized carbons (Fsp3) is 0.300. The first-order valence-corrected chi connectivity index (χ1v) is 4.27. The normalized spacial score (nSPS) is 9.86. The van der Waals surface area contributed by atoms with Crippen LogP contribution in [0.25, 0.3) is 0 Å². The third-order valence-corrected chi connectivity index (χ3v) is 1.81. The Balaban J connectivity index is 2.74. The highest BCUT2D eigenvalue weighted by Crippen LogP contribution is 2.18. The van der Waals surface area contributed by atoms with Gasteiger partial charge < -0.3 is 15.6 Å². The summed E-state index contributed by atoms with van der Waals surface area (Å²) in [5.74, 6) is -0.161. The molecule has 0 amide bonds. The molecule has 0 heterocycles. The molecule has 1 rings (SSSR count). The number of esters is 1. The minimum absolute atomic E-state index is 0.166. The summed E-state index contributed by atoms with van der Waals surface area (Å²) in [6.45, 7) is 1.83. The number of hydrogen-bond acceptors (Lipinski definition) is 4. The van der Waals surface area contributed by atoms with Crippen LogP contribution >= 0.6 is 0 Å². The van der Waals surface area contributed by atoms with Gasteiger partial charge in [0.15, 0.2) is 0 Å². The van der Waals surface area contributed by atoms with Crippen molar-refractivity contribution in [3.8, 4) is 5.75 Å². The molecule has 0 spiro atoms. The lowest BCUT2D eigenvalue weighted by Crippen LogP contribution is -2.01. The molecule has 0 saturated carbocycles. The molecule has 4 heteroatoms. The number of hydrogen-bond donors (Lipinski definition) is 2. The lowest BCUT2D eigenvalue weighted by atomic mass is 10.1. The second-order valence-electron chi connectivity index (χ2n) is 2.95. The maximum Gasteiger partial charge on any atom is 0.302 e. The summed E-state index contributed by atoms with van der Waals surface area (Å²) >= 11 is 0. The fourth-order valence-electron chi connectivity index (χ4n) is 1.08. The molecular formula is C10H13NO3.